The molecule has 104 valence electrons. The highest BCUT2D eigenvalue weighted by atomic mass is 79.9. The molecule has 0 saturated carbocycles. The smallest absolute Gasteiger partial charge is 0.173 e. The molecule has 1 unspecified atom stereocenters. The molecule has 1 atom stereocenters. The summed E-state index contributed by atoms with van der Waals surface area (Å²) in [7, 11) is 0. The van der Waals surface area contributed by atoms with Crippen LogP contribution >= 0.6 is 54.5 Å². The molecule has 2 rings (SSSR count). The molecule has 0 aliphatic carbocycles. The van der Waals surface area contributed by atoms with E-state index in [2.05, 4.69) is 45.7 Å². The highest BCUT2D eigenvalue weighted by Crippen LogP contribution is 2.44. The Labute approximate surface area is 138 Å². The zero-order valence-corrected chi connectivity index (χ0v) is 15.8. The molecule has 19 heavy (non-hydrogen) atoms. The van der Waals surface area contributed by atoms with Gasteiger partial charge < -0.3 is 0 Å². The van der Waals surface area contributed by atoms with Crippen LogP contribution in [0, 0.1) is 5.92 Å². The van der Waals surface area contributed by atoms with Gasteiger partial charge in [-0.1, -0.05) is 33.1 Å². The van der Waals surface area contributed by atoms with Crippen molar-refractivity contribution in [3.05, 3.63) is 18.5 Å². The Balaban J connectivity index is 2.19. The van der Waals surface area contributed by atoms with Crippen LogP contribution in [0.4, 0.5) is 0 Å². The Hall–Kier alpha value is 0.290. The van der Waals surface area contributed by atoms with E-state index in [1.807, 2.05) is 6.07 Å². The Morgan fingerprint density at radius 1 is 1.26 bits per heavy atom. The SMILES string of the molecule is CCCC(CC)CC(=O)c1cc2c(Br)sc(Br)c2s1. The number of fused-ring (bicyclic) bond motifs is 1. The molecule has 2 heterocycles. The number of thiophene rings is 2. The van der Waals surface area contributed by atoms with Gasteiger partial charge in [0.1, 0.15) is 0 Å². The summed E-state index contributed by atoms with van der Waals surface area (Å²) in [6, 6.07) is 2.03. The zero-order chi connectivity index (χ0) is 14.0. The van der Waals surface area contributed by atoms with E-state index in [4.69, 9.17) is 0 Å². The van der Waals surface area contributed by atoms with E-state index in [-0.39, 0.29) is 0 Å². The first-order valence-electron chi connectivity index (χ1n) is 6.47. The fraction of sp³-hybridized carbons (Fsp3) is 0.500. The van der Waals surface area contributed by atoms with Crippen LogP contribution in [0.1, 0.15) is 49.2 Å². The minimum atomic E-state index is 0.297. The van der Waals surface area contributed by atoms with E-state index in [0.717, 1.165) is 37.1 Å². The molecule has 0 aliphatic heterocycles. The van der Waals surface area contributed by atoms with Gasteiger partial charge in [0.05, 0.1) is 17.1 Å². The monoisotopic (exact) mass is 422 g/mol. The molecule has 1 nitrogen and oxygen atoms in total. The topological polar surface area (TPSA) is 17.1 Å². The van der Waals surface area contributed by atoms with E-state index in [1.54, 1.807) is 22.7 Å². The molecule has 0 saturated heterocycles. The Kier molecular flexibility index (Phi) is 5.64. The van der Waals surface area contributed by atoms with Crippen LogP contribution in [0.5, 0.6) is 0 Å². The minimum Gasteiger partial charge on any atom is -0.293 e. The van der Waals surface area contributed by atoms with E-state index < -0.39 is 0 Å². The first kappa shape index (κ1) is 15.7. The molecule has 2 aromatic heterocycles. The predicted octanol–water partition coefficient (Wildman–Crippen LogP) is 6.89. The summed E-state index contributed by atoms with van der Waals surface area (Å²) in [6.07, 6.45) is 4.08. The fourth-order valence-corrected chi connectivity index (χ4v) is 6.64. The molecule has 0 radical (unpaired) electrons. The molecule has 0 bridgehead atoms. The minimum absolute atomic E-state index is 0.297. The van der Waals surface area contributed by atoms with Gasteiger partial charge in [0.15, 0.2) is 5.78 Å². The zero-order valence-electron chi connectivity index (χ0n) is 11.0. The molecular formula is C14H16Br2OS2. The second kappa shape index (κ2) is 6.83. The summed E-state index contributed by atoms with van der Waals surface area (Å²) >= 11 is 10.4. The summed E-state index contributed by atoms with van der Waals surface area (Å²) in [4.78, 5) is 13.3. The van der Waals surface area contributed by atoms with E-state index in [0.29, 0.717) is 18.1 Å². The first-order valence-corrected chi connectivity index (χ1v) is 9.69. The number of hydrogen-bond donors (Lipinski definition) is 0. The lowest BCUT2D eigenvalue weighted by Gasteiger charge is -2.11. The quantitative estimate of drug-likeness (QED) is 0.462. The van der Waals surface area contributed by atoms with Crippen molar-refractivity contribution in [3.8, 4) is 0 Å². The Bertz CT molecular complexity index is 551. The lowest BCUT2D eigenvalue weighted by molar-refractivity contribution is 0.0961. The molecule has 0 aliphatic rings. The average Bonchev–Trinajstić information content (AvgIpc) is 2.92. The van der Waals surface area contributed by atoms with Gasteiger partial charge in [0.25, 0.3) is 0 Å². The standard InChI is InChI=1S/C14H16Br2OS2/c1-3-5-8(4-2)6-10(17)11-7-9-12(18-11)14(16)19-13(9)15/h7-8H,3-6H2,1-2H3. The molecule has 0 fully saturated rings. The van der Waals surface area contributed by atoms with Gasteiger partial charge in [-0.05, 0) is 43.8 Å². The Morgan fingerprint density at radius 2 is 2.00 bits per heavy atom. The predicted molar refractivity (Wildman–Crippen MR) is 92.7 cm³/mol. The van der Waals surface area contributed by atoms with E-state index in [9.17, 15) is 4.79 Å². The molecule has 0 amide bonds. The third kappa shape index (κ3) is 3.49. The molecule has 0 aromatic carbocycles. The number of halogens is 2. The van der Waals surface area contributed by atoms with Crippen LogP contribution in [0.15, 0.2) is 13.6 Å². The van der Waals surface area contributed by atoms with Crippen LogP contribution in [-0.2, 0) is 0 Å². The summed E-state index contributed by atoms with van der Waals surface area (Å²) in [6.45, 7) is 4.36. The Morgan fingerprint density at radius 3 is 2.58 bits per heavy atom. The largest absolute Gasteiger partial charge is 0.293 e. The summed E-state index contributed by atoms with van der Waals surface area (Å²) in [5, 5.41) is 1.16. The highest BCUT2D eigenvalue weighted by molar-refractivity contribution is 9.12. The molecule has 0 spiro atoms. The molecular weight excluding hydrogens is 408 g/mol. The van der Waals surface area contributed by atoms with Crippen molar-refractivity contribution in [3.63, 3.8) is 0 Å². The third-order valence-corrected chi connectivity index (χ3v) is 7.49. The third-order valence-electron chi connectivity index (χ3n) is 3.32. The maximum Gasteiger partial charge on any atom is 0.173 e. The first-order chi connectivity index (χ1) is 9.06. The van der Waals surface area contributed by atoms with Gasteiger partial charge in [-0.2, -0.15) is 0 Å². The average molecular weight is 424 g/mol. The number of carbonyl (C=O) groups excluding carboxylic acids is 1. The van der Waals surface area contributed by atoms with Crippen molar-refractivity contribution in [1.29, 1.82) is 0 Å². The van der Waals surface area contributed by atoms with Crippen molar-refractivity contribution in [2.45, 2.75) is 39.5 Å². The normalized spacial score (nSPS) is 13.1. The molecule has 0 N–H and O–H groups in total. The molecule has 2 aromatic rings. The van der Waals surface area contributed by atoms with Gasteiger partial charge in [-0.25, -0.2) is 0 Å². The summed E-state index contributed by atoms with van der Waals surface area (Å²) < 4.78 is 3.40. The fourth-order valence-electron chi connectivity index (χ4n) is 2.22. The number of hydrogen-bond acceptors (Lipinski definition) is 3. The van der Waals surface area contributed by atoms with Crippen LogP contribution in [0.3, 0.4) is 0 Å². The number of carbonyl (C=O) groups is 1. The van der Waals surface area contributed by atoms with Crippen LogP contribution < -0.4 is 0 Å². The maximum absolute atomic E-state index is 12.4. The summed E-state index contributed by atoms with van der Waals surface area (Å²) in [5.74, 6) is 0.828. The van der Waals surface area contributed by atoms with E-state index in [1.165, 1.54) is 4.70 Å². The van der Waals surface area contributed by atoms with Crippen molar-refractivity contribution < 1.29 is 4.79 Å². The van der Waals surface area contributed by atoms with Crippen LogP contribution in [-0.4, -0.2) is 5.78 Å². The van der Waals surface area contributed by atoms with Crippen molar-refractivity contribution >= 4 is 70.4 Å². The van der Waals surface area contributed by atoms with E-state index >= 15 is 0 Å². The van der Waals surface area contributed by atoms with Crippen molar-refractivity contribution in [1.82, 2.24) is 0 Å². The second-order valence-corrected chi connectivity index (χ2v) is 9.40. The van der Waals surface area contributed by atoms with Gasteiger partial charge >= 0.3 is 0 Å². The van der Waals surface area contributed by atoms with Crippen molar-refractivity contribution in [2.24, 2.45) is 5.92 Å². The second-order valence-electron chi connectivity index (χ2n) is 4.69. The van der Waals surface area contributed by atoms with Crippen LogP contribution in [0.25, 0.3) is 10.1 Å². The highest BCUT2D eigenvalue weighted by Gasteiger charge is 2.18. The van der Waals surface area contributed by atoms with Gasteiger partial charge in [0, 0.05) is 11.8 Å². The van der Waals surface area contributed by atoms with Crippen molar-refractivity contribution in [2.75, 3.05) is 0 Å². The lowest BCUT2D eigenvalue weighted by Crippen LogP contribution is -2.06. The van der Waals surface area contributed by atoms with Gasteiger partial charge in [0.2, 0.25) is 0 Å². The maximum atomic E-state index is 12.4. The number of rotatable bonds is 6. The summed E-state index contributed by atoms with van der Waals surface area (Å²) in [5.41, 5.74) is 0. The number of Topliss-reactive ketones (excluding diaryl/α,β-unsaturated/α-hetero) is 1. The molecule has 5 heteroatoms. The van der Waals surface area contributed by atoms with Gasteiger partial charge in [-0.15, -0.1) is 22.7 Å². The van der Waals surface area contributed by atoms with Gasteiger partial charge in [-0.3, -0.25) is 4.79 Å². The lowest BCUT2D eigenvalue weighted by atomic mass is 9.94. The number of ketones is 1. The van der Waals surface area contributed by atoms with Crippen LogP contribution in [0.2, 0.25) is 0 Å².